The summed E-state index contributed by atoms with van der Waals surface area (Å²) in [6, 6.07) is 17.5. The van der Waals surface area contributed by atoms with E-state index < -0.39 is 18.2 Å². The minimum Gasteiger partial charge on any atom is -0.478 e. The molecule has 0 aliphatic carbocycles. The summed E-state index contributed by atoms with van der Waals surface area (Å²) < 4.78 is 21.6. The lowest BCUT2D eigenvalue weighted by atomic mass is 9.98. The lowest BCUT2D eigenvalue weighted by Gasteiger charge is -2.34. The number of ketones is 1. The molecule has 190 valence electrons. The maximum Gasteiger partial charge on any atom is 0.335 e. The first kappa shape index (κ1) is 24.5. The number of halogens is 1. The Hall–Kier alpha value is -4.24. The van der Waals surface area contributed by atoms with Gasteiger partial charge in [-0.2, -0.15) is 5.12 Å². The lowest BCUT2D eigenvalue weighted by Crippen LogP contribution is -2.52. The van der Waals surface area contributed by atoms with Gasteiger partial charge in [0.2, 0.25) is 0 Å². The predicted molar refractivity (Wildman–Crippen MR) is 138 cm³/mol. The summed E-state index contributed by atoms with van der Waals surface area (Å²) in [5, 5.41) is 13.0. The molecule has 2 unspecified atom stereocenters. The molecule has 0 amide bonds. The minimum atomic E-state index is -1.22. The molecule has 1 saturated heterocycles. The molecule has 1 aliphatic heterocycles. The van der Waals surface area contributed by atoms with E-state index in [1.54, 1.807) is 18.2 Å². The third-order valence-electron chi connectivity index (χ3n) is 6.73. The van der Waals surface area contributed by atoms with Crippen LogP contribution in [0.15, 0.2) is 77.5 Å². The van der Waals surface area contributed by atoms with Gasteiger partial charge < -0.3 is 14.8 Å². The molecule has 1 aromatic heterocycles. The molecule has 37 heavy (non-hydrogen) atoms. The van der Waals surface area contributed by atoms with Crippen LogP contribution in [0.3, 0.4) is 0 Å². The van der Waals surface area contributed by atoms with Gasteiger partial charge in [0.25, 0.3) is 0 Å². The number of rotatable bonds is 9. The number of fused-ring (bicyclic) bond motifs is 1. The van der Waals surface area contributed by atoms with Crippen molar-refractivity contribution in [1.82, 2.24) is 9.88 Å². The summed E-state index contributed by atoms with van der Waals surface area (Å²) in [4.78, 5) is 31.5. The first-order valence-corrected chi connectivity index (χ1v) is 12.1. The normalized spacial score (nSPS) is 15.4. The van der Waals surface area contributed by atoms with Crippen LogP contribution in [0.1, 0.15) is 40.4 Å². The maximum atomic E-state index is 16.1. The Morgan fingerprint density at radius 2 is 1.81 bits per heavy atom. The number of aromatic nitrogens is 1. The van der Waals surface area contributed by atoms with E-state index in [0.29, 0.717) is 34.9 Å². The molecule has 2 atom stereocenters. The first-order valence-electron chi connectivity index (χ1n) is 12.1. The summed E-state index contributed by atoms with van der Waals surface area (Å²) in [7, 11) is 0. The summed E-state index contributed by atoms with van der Waals surface area (Å²) in [6.07, 6.45) is 1.84. The summed E-state index contributed by atoms with van der Waals surface area (Å²) in [5.74, 6) is -1.48. The number of carboxylic acids is 1. The number of benzene rings is 3. The minimum absolute atomic E-state index is 0.0423. The Balaban J connectivity index is 1.55. The monoisotopic (exact) mass is 502 g/mol. The van der Waals surface area contributed by atoms with E-state index in [9.17, 15) is 14.7 Å². The van der Waals surface area contributed by atoms with Crippen molar-refractivity contribution >= 4 is 34.2 Å². The fourth-order valence-corrected chi connectivity index (χ4v) is 4.72. The molecule has 8 nitrogen and oxygen atoms in total. The van der Waals surface area contributed by atoms with E-state index in [2.05, 4.69) is 10.3 Å². The van der Waals surface area contributed by atoms with Crippen LogP contribution in [0.25, 0.3) is 11.1 Å². The molecule has 0 radical (unpaired) electrons. The summed E-state index contributed by atoms with van der Waals surface area (Å²) in [5.41, 5.74) is 3.66. The number of Topliss-reactive ketones (excluding diaryl/α,β-unsaturated/α-hetero) is 1. The van der Waals surface area contributed by atoms with Crippen molar-refractivity contribution in [2.45, 2.75) is 32.0 Å². The van der Waals surface area contributed by atoms with Crippen LogP contribution in [0.5, 0.6) is 0 Å². The Labute approximate surface area is 213 Å². The number of nitrogens with one attached hydrogen (secondary N) is 1. The average Bonchev–Trinajstić information content (AvgIpc) is 3.60. The highest BCUT2D eigenvalue weighted by atomic mass is 19.2. The van der Waals surface area contributed by atoms with Crippen molar-refractivity contribution in [3.05, 3.63) is 89.8 Å². The quantitative estimate of drug-likeness (QED) is 0.295. The van der Waals surface area contributed by atoms with E-state index in [1.165, 1.54) is 30.7 Å². The van der Waals surface area contributed by atoms with Gasteiger partial charge in [0, 0.05) is 18.8 Å². The van der Waals surface area contributed by atoms with Gasteiger partial charge in [0.15, 0.2) is 23.9 Å². The third-order valence-corrected chi connectivity index (χ3v) is 6.73. The second-order valence-electron chi connectivity index (χ2n) is 9.15. The Morgan fingerprint density at radius 1 is 1.08 bits per heavy atom. The fourth-order valence-electron chi connectivity index (χ4n) is 4.72. The van der Waals surface area contributed by atoms with Crippen LogP contribution < -0.4 is 10.4 Å². The SMILES string of the molecule is Cc1ccccc1NC(C(=O)C(N1CCCC1)N(F)c1ccc(C(=O)O)cc1)c1ccc2ncoc2c1. The molecule has 2 N–H and O–H groups in total. The van der Waals surface area contributed by atoms with Crippen LogP contribution in [-0.4, -0.2) is 46.0 Å². The topological polar surface area (TPSA) is 98.9 Å². The van der Waals surface area contributed by atoms with Crippen LogP contribution >= 0.6 is 0 Å². The van der Waals surface area contributed by atoms with Crippen molar-refractivity contribution < 1.29 is 23.6 Å². The van der Waals surface area contributed by atoms with Crippen LogP contribution in [0.4, 0.5) is 15.9 Å². The van der Waals surface area contributed by atoms with Crippen LogP contribution in [-0.2, 0) is 4.79 Å². The van der Waals surface area contributed by atoms with Crippen molar-refractivity contribution in [2.75, 3.05) is 23.5 Å². The molecule has 0 bridgehead atoms. The van der Waals surface area contributed by atoms with E-state index in [4.69, 9.17) is 4.42 Å². The number of anilines is 2. The molecule has 0 saturated carbocycles. The zero-order chi connectivity index (χ0) is 25.9. The molecule has 5 rings (SSSR count). The van der Waals surface area contributed by atoms with Gasteiger partial charge in [-0.15, -0.1) is 0 Å². The molecule has 0 spiro atoms. The molecule has 3 aromatic carbocycles. The molecular formula is C28H27FN4O4. The lowest BCUT2D eigenvalue weighted by molar-refractivity contribution is -0.126. The Kier molecular flexibility index (Phi) is 6.87. The number of aryl methyl sites for hydroxylation is 1. The number of carbonyl (C=O) groups excluding carboxylic acids is 1. The molecule has 1 aliphatic rings. The highest BCUT2D eigenvalue weighted by molar-refractivity contribution is 5.95. The zero-order valence-corrected chi connectivity index (χ0v) is 20.3. The van der Waals surface area contributed by atoms with Gasteiger partial charge in [-0.05, 0) is 73.4 Å². The van der Waals surface area contributed by atoms with Gasteiger partial charge >= 0.3 is 5.97 Å². The van der Waals surface area contributed by atoms with E-state index in [1.807, 2.05) is 36.1 Å². The van der Waals surface area contributed by atoms with Crippen molar-refractivity contribution in [3.63, 3.8) is 0 Å². The third kappa shape index (κ3) is 5.03. The number of nitrogens with zero attached hydrogens (tertiary/aromatic N) is 3. The number of aromatic carboxylic acids is 1. The number of oxazole rings is 1. The average molecular weight is 503 g/mol. The number of hydrogen-bond acceptors (Lipinski definition) is 7. The highest BCUT2D eigenvalue weighted by Crippen LogP contribution is 2.31. The molecule has 4 aromatic rings. The van der Waals surface area contributed by atoms with Crippen molar-refractivity contribution in [3.8, 4) is 0 Å². The Morgan fingerprint density at radius 3 is 2.51 bits per heavy atom. The predicted octanol–water partition coefficient (Wildman–Crippen LogP) is 5.37. The molecular weight excluding hydrogens is 475 g/mol. The zero-order valence-electron chi connectivity index (χ0n) is 20.3. The maximum absolute atomic E-state index is 16.1. The van der Waals surface area contributed by atoms with Crippen molar-refractivity contribution in [1.29, 1.82) is 0 Å². The number of likely N-dealkylation sites (tertiary alicyclic amines) is 1. The smallest absolute Gasteiger partial charge is 0.335 e. The molecule has 1 fully saturated rings. The standard InChI is InChI=1S/C28H27FN4O4/c1-18-6-2-3-7-22(18)31-25(20-10-13-23-24(16-20)37-17-30-23)26(34)27(32-14-4-5-15-32)33(29)21-11-8-19(9-12-21)28(35)36/h2-3,6-13,16-17,25,27,31H,4-5,14-15H2,1H3,(H,35,36). The van der Waals surface area contributed by atoms with Crippen LogP contribution in [0.2, 0.25) is 0 Å². The number of carboxylic acid groups (broad SMARTS) is 1. The van der Waals surface area contributed by atoms with Gasteiger partial charge in [-0.3, -0.25) is 9.69 Å². The van der Waals surface area contributed by atoms with Gasteiger partial charge in [-0.25, -0.2) is 9.78 Å². The number of carbonyl (C=O) groups is 2. The first-order chi connectivity index (χ1) is 17.9. The van der Waals surface area contributed by atoms with Crippen LogP contribution in [0, 0.1) is 6.92 Å². The van der Waals surface area contributed by atoms with E-state index in [-0.39, 0.29) is 17.0 Å². The summed E-state index contributed by atoms with van der Waals surface area (Å²) >= 11 is 0. The summed E-state index contributed by atoms with van der Waals surface area (Å²) in [6.45, 7) is 3.08. The molecule has 2 heterocycles. The molecule has 9 heteroatoms. The number of hydrogen-bond donors (Lipinski definition) is 2. The Bertz CT molecular complexity index is 1420. The highest BCUT2D eigenvalue weighted by Gasteiger charge is 2.39. The fraction of sp³-hybridized carbons (Fsp3) is 0.250. The second-order valence-corrected chi connectivity index (χ2v) is 9.15. The van der Waals surface area contributed by atoms with Gasteiger partial charge in [0.05, 0.1) is 11.3 Å². The second kappa shape index (κ2) is 10.4. The van der Waals surface area contributed by atoms with Gasteiger partial charge in [0.1, 0.15) is 11.6 Å². The largest absolute Gasteiger partial charge is 0.478 e. The van der Waals surface area contributed by atoms with E-state index >= 15 is 4.48 Å². The van der Waals surface area contributed by atoms with E-state index in [0.717, 1.165) is 24.1 Å². The van der Waals surface area contributed by atoms with Gasteiger partial charge in [-0.1, -0.05) is 28.7 Å². The van der Waals surface area contributed by atoms with Crippen molar-refractivity contribution in [2.24, 2.45) is 0 Å². The number of para-hydroxylation sites is 1.